The second-order valence-electron chi connectivity index (χ2n) is 8.08. The number of fused-ring (bicyclic) bond motifs is 1. The third-order valence-electron chi connectivity index (χ3n) is 5.94. The normalized spacial score (nSPS) is 27.2. The van der Waals surface area contributed by atoms with E-state index in [1.54, 1.807) is 0 Å². The number of hydrogen-bond acceptors (Lipinski definition) is 10. The van der Waals surface area contributed by atoms with Gasteiger partial charge in [0.1, 0.15) is 5.70 Å². The fraction of sp³-hybridized carbons (Fsp3) is 0.611. The van der Waals surface area contributed by atoms with E-state index in [1.165, 1.54) is 30.5 Å². The Labute approximate surface area is 187 Å². The van der Waals surface area contributed by atoms with Gasteiger partial charge in [0, 0.05) is 29.2 Å². The molecule has 14 heteroatoms. The van der Waals surface area contributed by atoms with E-state index < -0.39 is 40.1 Å². The molecule has 3 aliphatic rings. The van der Waals surface area contributed by atoms with Gasteiger partial charge in [-0.2, -0.15) is 12.7 Å². The standard InChI is InChI=1S/C18H23N3O9S2/c1-7-13-12(8(2)22)16(23)21(13)14(15(7)31-10-4-20(5-10)32(19,26)27)17(24)28-6-11-9(3)29-18(25)30-11/h7-8,10,12-13,22H,4-6H2,1-3H3,(H2,19,26,27)/t7-,8-,12-,13-/m1/s1. The zero-order valence-corrected chi connectivity index (χ0v) is 19.1. The molecule has 4 rings (SSSR count). The zero-order valence-electron chi connectivity index (χ0n) is 17.5. The molecule has 2 saturated heterocycles. The number of aryl methyl sites for hydroxylation is 1. The summed E-state index contributed by atoms with van der Waals surface area (Å²) < 4.78 is 38.9. The Morgan fingerprint density at radius 1 is 1.34 bits per heavy atom. The predicted molar refractivity (Wildman–Crippen MR) is 110 cm³/mol. The zero-order chi connectivity index (χ0) is 23.5. The van der Waals surface area contributed by atoms with Crippen LogP contribution >= 0.6 is 11.8 Å². The first-order chi connectivity index (χ1) is 14.9. The van der Waals surface area contributed by atoms with E-state index in [-0.39, 0.29) is 54.0 Å². The lowest BCUT2D eigenvalue weighted by Gasteiger charge is -2.46. The minimum Gasteiger partial charge on any atom is -0.453 e. The Bertz CT molecular complexity index is 1150. The molecule has 2 fully saturated rings. The molecular formula is C18H23N3O9S2. The molecule has 4 atom stereocenters. The van der Waals surface area contributed by atoms with E-state index in [0.29, 0.717) is 4.91 Å². The number of ether oxygens (including phenoxy) is 1. The van der Waals surface area contributed by atoms with Gasteiger partial charge >= 0.3 is 11.8 Å². The highest BCUT2D eigenvalue weighted by molar-refractivity contribution is 8.04. The number of carbonyl (C=O) groups is 2. The SMILES string of the molecule is Cc1oc(=O)oc1COC(=O)C1=C(SC2CN(S(N)(=O)=O)C2)[C@H](C)[C@@H]2[C@@H]([C@@H](C)O)C(=O)N12. The fourth-order valence-corrected chi connectivity index (χ4v) is 6.72. The predicted octanol–water partition coefficient (Wildman–Crippen LogP) is -0.726. The lowest BCUT2D eigenvalue weighted by Crippen LogP contribution is -2.63. The van der Waals surface area contributed by atoms with Gasteiger partial charge in [0.05, 0.1) is 18.1 Å². The van der Waals surface area contributed by atoms with Gasteiger partial charge in [0.15, 0.2) is 18.1 Å². The third kappa shape index (κ3) is 3.79. The van der Waals surface area contributed by atoms with Crippen molar-refractivity contribution in [2.45, 2.75) is 44.8 Å². The van der Waals surface area contributed by atoms with Crippen LogP contribution in [-0.2, 0) is 31.1 Å². The molecule has 0 spiro atoms. The molecule has 0 saturated carbocycles. The van der Waals surface area contributed by atoms with Crippen molar-refractivity contribution < 1.29 is 36.7 Å². The van der Waals surface area contributed by atoms with Crippen LogP contribution in [-0.4, -0.2) is 65.1 Å². The van der Waals surface area contributed by atoms with Crippen LogP contribution in [0.5, 0.6) is 0 Å². The molecule has 4 heterocycles. The Balaban J connectivity index is 1.56. The van der Waals surface area contributed by atoms with Gasteiger partial charge in [0.2, 0.25) is 5.91 Å². The van der Waals surface area contributed by atoms with Crippen LogP contribution in [0.2, 0.25) is 0 Å². The summed E-state index contributed by atoms with van der Waals surface area (Å²) in [6.45, 7) is 4.86. The lowest BCUT2D eigenvalue weighted by atomic mass is 9.79. The number of thioether (sulfide) groups is 1. The molecule has 0 unspecified atom stereocenters. The molecule has 176 valence electrons. The van der Waals surface area contributed by atoms with E-state index in [2.05, 4.69) is 0 Å². The molecule has 0 radical (unpaired) electrons. The first kappa shape index (κ1) is 23.0. The number of nitrogens with zero attached hydrogens (tertiary/aromatic N) is 2. The van der Waals surface area contributed by atoms with Crippen molar-refractivity contribution in [3.05, 3.63) is 32.7 Å². The molecule has 3 N–H and O–H groups in total. The number of nitrogens with two attached hydrogens (primary N) is 1. The summed E-state index contributed by atoms with van der Waals surface area (Å²) in [6, 6.07) is -0.407. The molecule has 1 amide bonds. The lowest BCUT2D eigenvalue weighted by molar-refractivity contribution is -0.164. The first-order valence-corrected chi connectivity index (χ1v) is 12.2. The van der Waals surface area contributed by atoms with E-state index in [1.807, 2.05) is 6.92 Å². The molecule has 0 bridgehead atoms. The molecule has 1 aromatic heterocycles. The maximum atomic E-state index is 13.0. The summed E-state index contributed by atoms with van der Waals surface area (Å²) in [6.07, 6.45) is -0.891. The van der Waals surface area contributed by atoms with Crippen molar-refractivity contribution in [3.63, 3.8) is 0 Å². The Morgan fingerprint density at radius 2 is 2.00 bits per heavy atom. The number of aliphatic hydroxyl groups is 1. The second kappa shape index (κ2) is 8.02. The summed E-state index contributed by atoms with van der Waals surface area (Å²) in [5.74, 6) is -2.77. The molecule has 32 heavy (non-hydrogen) atoms. The van der Waals surface area contributed by atoms with Crippen LogP contribution in [0.1, 0.15) is 25.4 Å². The molecule has 1 aromatic rings. The van der Waals surface area contributed by atoms with E-state index >= 15 is 0 Å². The van der Waals surface area contributed by atoms with Gasteiger partial charge in [-0.1, -0.05) is 6.92 Å². The van der Waals surface area contributed by atoms with Crippen LogP contribution < -0.4 is 11.0 Å². The topological polar surface area (TPSA) is 174 Å². The smallest absolute Gasteiger partial charge is 0.453 e. The number of amides is 1. The molecule has 3 aliphatic heterocycles. The average molecular weight is 490 g/mol. The average Bonchev–Trinajstić information content (AvgIpc) is 3.08. The highest BCUT2D eigenvalue weighted by Gasteiger charge is 2.60. The molecule has 0 aliphatic carbocycles. The minimum atomic E-state index is -3.79. The maximum absolute atomic E-state index is 13.0. The number of β-lactam (4-membered cyclic amide) rings is 1. The number of aliphatic hydroxyl groups excluding tert-OH is 1. The van der Waals surface area contributed by atoms with Crippen molar-refractivity contribution in [2.75, 3.05) is 13.1 Å². The number of hydrogen-bond donors (Lipinski definition) is 2. The van der Waals surface area contributed by atoms with Crippen LogP contribution in [0.3, 0.4) is 0 Å². The summed E-state index contributed by atoms with van der Waals surface area (Å²) >= 11 is 1.30. The molecule has 12 nitrogen and oxygen atoms in total. The van der Waals surface area contributed by atoms with Crippen molar-refractivity contribution in [1.29, 1.82) is 0 Å². The summed E-state index contributed by atoms with van der Waals surface area (Å²) in [4.78, 5) is 38.8. The quantitative estimate of drug-likeness (QED) is 0.367. The van der Waals surface area contributed by atoms with Crippen molar-refractivity contribution >= 4 is 33.8 Å². The fourth-order valence-electron chi connectivity index (χ4n) is 4.24. The van der Waals surface area contributed by atoms with Crippen molar-refractivity contribution in [1.82, 2.24) is 9.21 Å². The number of rotatable bonds is 7. The van der Waals surface area contributed by atoms with E-state index in [9.17, 15) is 27.9 Å². The Hall–Kier alpha value is -2.13. The summed E-state index contributed by atoms with van der Waals surface area (Å²) in [5, 5.41) is 15.0. The van der Waals surface area contributed by atoms with E-state index in [0.717, 1.165) is 4.31 Å². The monoisotopic (exact) mass is 489 g/mol. The van der Waals surface area contributed by atoms with Crippen LogP contribution in [0.25, 0.3) is 0 Å². The first-order valence-electron chi connectivity index (χ1n) is 9.86. The van der Waals surface area contributed by atoms with Crippen molar-refractivity contribution in [2.24, 2.45) is 17.0 Å². The van der Waals surface area contributed by atoms with Gasteiger partial charge < -0.3 is 23.6 Å². The maximum Gasteiger partial charge on any atom is 0.519 e. The minimum absolute atomic E-state index is 0.0559. The Morgan fingerprint density at radius 3 is 2.53 bits per heavy atom. The van der Waals surface area contributed by atoms with Crippen LogP contribution in [0.15, 0.2) is 24.2 Å². The molecule has 0 aromatic carbocycles. The third-order valence-corrected chi connectivity index (χ3v) is 8.41. The Kier molecular flexibility index (Phi) is 5.78. The summed E-state index contributed by atoms with van der Waals surface area (Å²) in [7, 11) is -3.79. The largest absolute Gasteiger partial charge is 0.519 e. The van der Waals surface area contributed by atoms with Gasteiger partial charge in [-0.3, -0.25) is 4.79 Å². The van der Waals surface area contributed by atoms with Crippen molar-refractivity contribution in [3.8, 4) is 0 Å². The number of carbonyl (C=O) groups excluding carboxylic acids is 2. The highest BCUT2D eigenvalue weighted by Crippen LogP contribution is 2.52. The highest BCUT2D eigenvalue weighted by atomic mass is 32.2. The van der Waals surface area contributed by atoms with Gasteiger partial charge in [0.25, 0.3) is 10.2 Å². The van der Waals surface area contributed by atoms with Crippen LogP contribution in [0, 0.1) is 18.8 Å². The summed E-state index contributed by atoms with van der Waals surface area (Å²) in [5.41, 5.74) is 0.0620. The second-order valence-corrected chi connectivity index (χ2v) is 11.0. The number of esters is 1. The van der Waals surface area contributed by atoms with Gasteiger partial charge in [-0.05, 0) is 13.8 Å². The van der Waals surface area contributed by atoms with Gasteiger partial charge in [-0.25, -0.2) is 14.7 Å². The molecular weight excluding hydrogens is 466 g/mol. The van der Waals surface area contributed by atoms with Gasteiger partial charge in [-0.15, -0.1) is 11.8 Å². The van der Waals surface area contributed by atoms with E-state index in [4.69, 9.17) is 18.7 Å². The van der Waals surface area contributed by atoms with Crippen LogP contribution in [0.4, 0.5) is 0 Å².